The van der Waals surface area contributed by atoms with Gasteiger partial charge in [-0.05, 0) is 42.3 Å². The fraction of sp³-hybridized carbons (Fsp3) is 0.125. The number of nitrogens with zero attached hydrogens (tertiary/aromatic N) is 1. The van der Waals surface area contributed by atoms with E-state index in [9.17, 15) is 4.79 Å². The van der Waals surface area contributed by atoms with Gasteiger partial charge < -0.3 is 9.64 Å². The zero-order valence-electron chi connectivity index (χ0n) is 15.6. The third-order valence-corrected chi connectivity index (χ3v) is 4.24. The minimum Gasteiger partial charge on any atom is -0.455 e. The van der Waals surface area contributed by atoms with Crippen LogP contribution in [-0.4, -0.2) is 5.91 Å². The van der Waals surface area contributed by atoms with Crippen LogP contribution in [0.4, 0.5) is 5.69 Å². The number of allylic oxidation sites excluding steroid dienone is 1. The molecule has 1 amide bonds. The van der Waals surface area contributed by atoms with Crippen LogP contribution in [0.15, 0.2) is 84.9 Å². The number of carbonyl (C=O) groups excluding carboxylic acids is 1. The van der Waals surface area contributed by atoms with E-state index < -0.39 is 0 Å². The summed E-state index contributed by atoms with van der Waals surface area (Å²) in [5, 5.41) is 0. The molecule has 0 N–H and O–H groups in total. The summed E-state index contributed by atoms with van der Waals surface area (Å²) in [6.07, 6.45) is 4.06. The average molecular weight is 357 g/mol. The van der Waals surface area contributed by atoms with Gasteiger partial charge in [0.25, 0.3) is 0 Å². The fourth-order valence-electron chi connectivity index (χ4n) is 2.94. The second-order valence-corrected chi connectivity index (χ2v) is 6.19. The molecule has 3 heteroatoms. The van der Waals surface area contributed by atoms with Gasteiger partial charge in [0.2, 0.25) is 5.91 Å². The lowest BCUT2D eigenvalue weighted by atomic mass is 10.1. The molecule has 136 valence electrons. The van der Waals surface area contributed by atoms with Crippen molar-refractivity contribution in [3.63, 3.8) is 0 Å². The number of benzene rings is 3. The summed E-state index contributed by atoms with van der Waals surface area (Å²) in [7, 11) is 0. The lowest BCUT2D eigenvalue weighted by molar-refractivity contribution is -0.116. The van der Waals surface area contributed by atoms with Crippen LogP contribution in [0.1, 0.15) is 25.0 Å². The van der Waals surface area contributed by atoms with Crippen molar-refractivity contribution in [3.8, 4) is 11.5 Å². The predicted octanol–water partition coefficient (Wildman–Crippen LogP) is 6.07. The highest BCUT2D eigenvalue weighted by Crippen LogP contribution is 2.33. The van der Waals surface area contributed by atoms with Gasteiger partial charge in [0.1, 0.15) is 5.75 Å². The van der Waals surface area contributed by atoms with Gasteiger partial charge in [-0.2, -0.15) is 0 Å². The zero-order chi connectivity index (χ0) is 19.1. The minimum atomic E-state index is -0.0330. The highest BCUT2D eigenvalue weighted by atomic mass is 16.5. The van der Waals surface area contributed by atoms with Gasteiger partial charge in [0, 0.05) is 6.92 Å². The Morgan fingerprint density at radius 3 is 2.33 bits per heavy atom. The molecule has 3 aromatic rings. The van der Waals surface area contributed by atoms with Crippen LogP contribution in [0.5, 0.6) is 11.5 Å². The van der Waals surface area contributed by atoms with Crippen molar-refractivity contribution < 1.29 is 9.53 Å². The predicted molar refractivity (Wildman–Crippen MR) is 111 cm³/mol. The van der Waals surface area contributed by atoms with Gasteiger partial charge in [0.15, 0.2) is 5.75 Å². The van der Waals surface area contributed by atoms with Gasteiger partial charge in [0.05, 0.1) is 12.2 Å². The third-order valence-electron chi connectivity index (χ3n) is 4.24. The number of amides is 1. The standard InChI is InChI=1S/C24H23NO2/c1-3-11-20-12-7-8-13-21(20)18-25(19(2)26)23-16-9-10-17-24(23)27-22-14-5-4-6-15-22/h3-17H,18H2,1-2H3/b11-3+. The minimum absolute atomic E-state index is 0.0330. The monoisotopic (exact) mass is 357 g/mol. The topological polar surface area (TPSA) is 29.5 Å². The molecule has 0 atom stereocenters. The SMILES string of the molecule is C/C=C/c1ccccc1CN(C(C)=O)c1ccccc1Oc1ccccc1. The second kappa shape index (κ2) is 8.86. The van der Waals surface area contributed by atoms with E-state index in [1.165, 1.54) is 0 Å². The third kappa shape index (κ3) is 4.64. The maximum Gasteiger partial charge on any atom is 0.224 e. The lowest BCUT2D eigenvalue weighted by Crippen LogP contribution is -2.28. The number of rotatable bonds is 6. The smallest absolute Gasteiger partial charge is 0.224 e. The van der Waals surface area contributed by atoms with Crippen molar-refractivity contribution in [1.29, 1.82) is 0 Å². The molecular formula is C24H23NO2. The number of para-hydroxylation sites is 3. The Kier molecular flexibility index (Phi) is 6.06. The van der Waals surface area contributed by atoms with E-state index in [0.29, 0.717) is 12.3 Å². The van der Waals surface area contributed by atoms with Crippen molar-refractivity contribution >= 4 is 17.7 Å². The Bertz CT molecular complexity index is 932. The summed E-state index contributed by atoms with van der Waals surface area (Å²) in [6.45, 7) is 4.05. The molecule has 0 bridgehead atoms. The summed E-state index contributed by atoms with van der Waals surface area (Å²) in [6, 6.07) is 25.3. The molecule has 0 unspecified atom stereocenters. The highest BCUT2D eigenvalue weighted by molar-refractivity contribution is 5.93. The number of anilines is 1. The molecule has 0 aliphatic rings. The van der Waals surface area contributed by atoms with Gasteiger partial charge in [-0.25, -0.2) is 0 Å². The van der Waals surface area contributed by atoms with Gasteiger partial charge in [-0.3, -0.25) is 4.79 Å². The Hall–Kier alpha value is -3.33. The molecular weight excluding hydrogens is 334 g/mol. The zero-order valence-corrected chi connectivity index (χ0v) is 15.6. The molecule has 0 aliphatic carbocycles. The Morgan fingerprint density at radius 2 is 1.59 bits per heavy atom. The molecule has 0 fully saturated rings. The Morgan fingerprint density at radius 1 is 0.926 bits per heavy atom. The molecule has 0 spiro atoms. The summed E-state index contributed by atoms with van der Waals surface area (Å²) >= 11 is 0. The Balaban J connectivity index is 1.96. The van der Waals surface area contributed by atoms with Crippen molar-refractivity contribution in [1.82, 2.24) is 0 Å². The highest BCUT2D eigenvalue weighted by Gasteiger charge is 2.18. The van der Waals surface area contributed by atoms with Crippen molar-refractivity contribution in [2.75, 3.05) is 4.90 Å². The summed E-state index contributed by atoms with van der Waals surface area (Å²) < 4.78 is 6.05. The quantitative estimate of drug-likeness (QED) is 0.536. The number of hydrogen-bond donors (Lipinski definition) is 0. The molecule has 3 rings (SSSR count). The first-order valence-electron chi connectivity index (χ1n) is 8.99. The summed E-state index contributed by atoms with van der Waals surface area (Å²) in [4.78, 5) is 14.2. The normalized spacial score (nSPS) is 10.7. The van der Waals surface area contributed by atoms with E-state index >= 15 is 0 Å². The molecule has 27 heavy (non-hydrogen) atoms. The van der Waals surface area contributed by atoms with Gasteiger partial charge >= 0.3 is 0 Å². The van der Waals surface area contributed by atoms with Crippen LogP contribution in [0, 0.1) is 0 Å². The van der Waals surface area contributed by atoms with Crippen molar-refractivity contribution in [3.05, 3.63) is 96.1 Å². The van der Waals surface area contributed by atoms with E-state index in [-0.39, 0.29) is 5.91 Å². The molecule has 0 heterocycles. The molecule has 3 aromatic carbocycles. The number of ether oxygens (including phenoxy) is 1. The van der Waals surface area contributed by atoms with Crippen molar-refractivity contribution in [2.24, 2.45) is 0 Å². The summed E-state index contributed by atoms with van der Waals surface area (Å²) in [5.41, 5.74) is 2.94. The first-order valence-corrected chi connectivity index (χ1v) is 8.99. The maximum absolute atomic E-state index is 12.5. The molecule has 0 aliphatic heterocycles. The number of hydrogen-bond acceptors (Lipinski definition) is 2. The van der Waals surface area contributed by atoms with Crippen LogP contribution in [0.2, 0.25) is 0 Å². The Labute approximate surface area is 160 Å². The van der Waals surface area contributed by atoms with E-state index in [2.05, 4.69) is 12.1 Å². The first-order chi connectivity index (χ1) is 13.2. The largest absolute Gasteiger partial charge is 0.455 e. The van der Waals surface area contributed by atoms with Gasteiger partial charge in [-0.15, -0.1) is 0 Å². The molecule has 0 radical (unpaired) electrons. The average Bonchev–Trinajstić information content (AvgIpc) is 2.69. The molecule has 0 aromatic heterocycles. The van der Waals surface area contributed by atoms with Crippen LogP contribution < -0.4 is 9.64 Å². The van der Waals surface area contributed by atoms with Crippen LogP contribution in [0.3, 0.4) is 0 Å². The molecule has 0 saturated carbocycles. The van der Waals surface area contributed by atoms with Gasteiger partial charge in [-0.1, -0.05) is 66.7 Å². The lowest BCUT2D eigenvalue weighted by Gasteiger charge is -2.24. The van der Waals surface area contributed by atoms with Crippen molar-refractivity contribution in [2.45, 2.75) is 20.4 Å². The van der Waals surface area contributed by atoms with E-state index in [1.807, 2.05) is 85.8 Å². The van der Waals surface area contributed by atoms with E-state index in [1.54, 1.807) is 11.8 Å². The fourth-order valence-corrected chi connectivity index (χ4v) is 2.94. The van der Waals surface area contributed by atoms with Crippen LogP contribution in [-0.2, 0) is 11.3 Å². The van der Waals surface area contributed by atoms with E-state index in [4.69, 9.17) is 4.74 Å². The summed E-state index contributed by atoms with van der Waals surface area (Å²) in [5.74, 6) is 1.36. The second-order valence-electron chi connectivity index (χ2n) is 6.19. The number of carbonyl (C=O) groups is 1. The van der Waals surface area contributed by atoms with Crippen LogP contribution in [0.25, 0.3) is 6.08 Å². The maximum atomic E-state index is 12.5. The molecule has 3 nitrogen and oxygen atoms in total. The van der Waals surface area contributed by atoms with E-state index in [0.717, 1.165) is 22.6 Å². The molecule has 0 saturated heterocycles. The first kappa shape index (κ1) is 18.5. The van der Waals surface area contributed by atoms with Crippen LogP contribution >= 0.6 is 0 Å².